The zero-order chi connectivity index (χ0) is 16.4. The van der Waals surface area contributed by atoms with Crippen LogP contribution >= 0.6 is 0 Å². The van der Waals surface area contributed by atoms with Crippen molar-refractivity contribution in [3.63, 3.8) is 0 Å². The molecule has 4 rings (SSSR count). The van der Waals surface area contributed by atoms with Crippen LogP contribution in [0.15, 0.2) is 48.5 Å². The Hall–Kier alpha value is -2.08. The molecule has 0 heterocycles. The summed E-state index contributed by atoms with van der Waals surface area (Å²) in [5.41, 5.74) is 1.50. The van der Waals surface area contributed by atoms with Crippen molar-refractivity contribution in [1.29, 1.82) is 0 Å². The van der Waals surface area contributed by atoms with Gasteiger partial charge in [0.2, 0.25) is 0 Å². The third kappa shape index (κ3) is 2.75. The van der Waals surface area contributed by atoms with Crippen LogP contribution in [-0.4, -0.2) is 0 Å². The number of aryl methyl sites for hydroxylation is 1. The van der Waals surface area contributed by atoms with E-state index in [4.69, 9.17) is 0 Å². The van der Waals surface area contributed by atoms with E-state index in [0.29, 0.717) is 0 Å². The molecule has 0 unspecified atom stereocenters. The number of rotatable bonds is 7. The zero-order valence-electron chi connectivity index (χ0n) is 14.6. The molecule has 0 fully saturated rings. The highest BCUT2D eigenvalue weighted by molar-refractivity contribution is 6.23. The van der Waals surface area contributed by atoms with Gasteiger partial charge in [-0.05, 0) is 62.9 Å². The standard InChI is InChI=1S/C24H25/c1-2-3-4-5-6-7-10-20-17-21-13-8-11-18-15-16-19-12-9-14-22(20)24(19)23(18)21/h8-9,11-12,14-17H,2-7,10H2,1H3. The molecule has 0 atom stereocenters. The molecule has 0 amide bonds. The molecule has 0 aliphatic heterocycles. The smallest absolute Gasteiger partial charge is 0.00204 e. The Morgan fingerprint density at radius 2 is 1.58 bits per heavy atom. The summed E-state index contributed by atoms with van der Waals surface area (Å²) in [6.45, 7) is 2.28. The summed E-state index contributed by atoms with van der Waals surface area (Å²) in [5.74, 6) is 0. The van der Waals surface area contributed by atoms with Gasteiger partial charge in [0.1, 0.15) is 0 Å². The van der Waals surface area contributed by atoms with E-state index in [0.717, 1.165) is 0 Å². The highest BCUT2D eigenvalue weighted by Crippen LogP contribution is 2.36. The molecule has 0 heteroatoms. The van der Waals surface area contributed by atoms with Crippen molar-refractivity contribution < 1.29 is 0 Å². The Morgan fingerprint density at radius 3 is 2.46 bits per heavy atom. The van der Waals surface area contributed by atoms with Crippen LogP contribution in [0.2, 0.25) is 0 Å². The number of hydrogen-bond acceptors (Lipinski definition) is 0. The summed E-state index contributed by atoms with van der Waals surface area (Å²) in [5, 5.41) is 8.23. The quantitative estimate of drug-likeness (QED) is 0.248. The Kier molecular flexibility index (Phi) is 4.38. The number of unbranched alkanes of at least 4 members (excludes halogenated alkanes) is 5. The Bertz CT molecular complexity index is 948. The number of benzene rings is 4. The van der Waals surface area contributed by atoms with Crippen molar-refractivity contribution in [2.45, 2.75) is 51.9 Å². The first kappa shape index (κ1) is 15.4. The van der Waals surface area contributed by atoms with Crippen molar-refractivity contribution in [2.24, 2.45) is 0 Å². The lowest BCUT2D eigenvalue weighted by molar-refractivity contribution is 0.608. The van der Waals surface area contributed by atoms with Crippen LogP contribution in [-0.2, 0) is 6.42 Å². The van der Waals surface area contributed by atoms with Gasteiger partial charge in [0.15, 0.2) is 0 Å². The molecule has 0 aliphatic carbocycles. The third-order valence-electron chi connectivity index (χ3n) is 5.31. The Balaban J connectivity index is 1.70. The second-order valence-corrected chi connectivity index (χ2v) is 7.01. The fourth-order valence-electron chi connectivity index (χ4n) is 4.05. The van der Waals surface area contributed by atoms with Gasteiger partial charge in [0.05, 0.1) is 0 Å². The van der Waals surface area contributed by atoms with E-state index in [1.165, 1.54) is 82.8 Å². The van der Waals surface area contributed by atoms with Gasteiger partial charge in [-0.3, -0.25) is 0 Å². The average Bonchev–Trinajstić information content (AvgIpc) is 2.63. The fourth-order valence-corrected chi connectivity index (χ4v) is 4.05. The van der Waals surface area contributed by atoms with Crippen LogP contribution in [0.1, 0.15) is 51.0 Å². The van der Waals surface area contributed by atoms with Gasteiger partial charge in [-0.25, -0.2) is 0 Å². The average molecular weight is 313 g/mol. The minimum absolute atomic E-state index is 1.18. The van der Waals surface area contributed by atoms with Gasteiger partial charge >= 0.3 is 0 Å². The lowest BCUT2D eigenvalue weighted by Crippen LogP contribution is -1.92. The Labute approximate surface area is 144 Å². The molecule has 4 aromatic rings. The highest BCUT2D eigenvalue weighted by Gasteiger charge is 2.11. The predicted molar refractivity (Wildman–Crippen MR) is 106 cm³/mol. The normalized spacial score (nSPS) is 11.9. The van der Waals surface area contributed by atoms with Crippen LogP contribution in [0.5, 0.6) is 0 Å². The van der Waals surface area contributed by atoms with Crippen molar-refractivity contribution in [2.75, 3.05) is 0 Å². The highest BCUT2D eigenvalue weighted by atomic mass is 14.1. The number of hydrogen-bond donors (Lipinski definition) is 0. The van der Waals surface area contributed by atoms with Crippen LogP contribution in [0, 0.1) is 6.07 Å². The van der Waals surface area contributed by atoms with Crippen molar-refractivity contribution in [1.82, 2.24) is 0 Å². The fraction of sp³-hybridized carbons (Fsp3) is 0.333. The molecule has 0 aliphatic rings. The molecule has 121 valence electrons. The first-order valence-electron chi connectivity index (χ1n) is 9.45. The molecule has 0 bridgehead atoms. The maximum atomic E-state index is 3.47. The van der Waals surface area contributed by atoms with E-state index in [2.05, 4.69) is 61.5 Å². The zero-order valence-corrected chi connectivity index (χ0v) is 14.6. The van der Waals surface area contributed by atoms with Crippen LogP contribution in [0.25, 0.3) is 32.3 Å². The van der Waals surface area contributed by atoms with E-state index in [-0.39, 0.29) is 0 Å². The molecule has 0 saturated carbocycles. The minimum atomic E-state index is 1.18. The van der Waals surface area contributed by atoms with Crippen LogP contribution in [0.3, 0.4) is 0 Å². The second kappa shape index (κ2) is 6.81. The van der Waals surface area contributed by atoms with E-state index >= 15 is 0 Å². The van der Waals surface area contributed by atoms with Gasteiger partial charge in [-0.15, -0.1) is 0 Å². The Morgan fingerprint density at radius 1 is 0.792 bits per heavy atom. The second-order valence-electron chi connectivity index (χ2n) is 7.01. The maximum Gasteiger partial charge on any atom is -0.00204 e. The molecular weight excluding hydrogens is 288 g/mol. The summed E-state index contributed by atoms with van der Waals surface area (Å²) in [4.78, 5) is 0. The molecule has 0 N–H and O–H groups in total. The maximum absolute atomic E-state index is 3.47. The van der Waals surface area contributed by atoms with E-state index < -0.39 is 0 Å². The molecular formula is C24H25. The summed E-state index contributed by atoms with van der Waals surface area (Å²) in [6, 6.07) is 21.4. The third-order valence-corrected chi connectivity index (χ3v) is 5.31. The minimum Gasteiger partial charge on any atom is -0.0654 e. The lowest BCUT2D eigenvalue weighted by Gasteiger charge is -2.14. The topological polar surface area (TPSA) is 0 Å². The first-order valence-corrected chi connectivity index (χ1v) is 9.45. The monoisotopic (exact) mass is 313 g/mol. The van der Waals surface area contributed by atoms with Crippen molar-refractivity contribution >= 4 is 32.3 Å². The summed E-state index contributed by atoms with van der Waals surface area (Å²) >= 11 is 0. The van der Waals surface area contributed by atoms with Gasteiger partial charge < -0.3 is 0 Å². The molecule has 0 aromatic heterocycles. The van der Waals surface area contributed by atoms with E-state index in [9.17, 15) is 0 Å². The molecule has 24 heavy (non-hydrogen) atoms. The largest absolute Gasteiger partial charge is 0.0654 e. The summed E-state index contributed by atoms with van der Waals surface area (Å²) in [7, 11) is 0. The molecule has 0 spiro atoms. The molecule has 4 aromatic carbocycles. The van der Waals surface area contributed by atoms with Crippen LogP contribution in [0.4, 0.5) is 0 Å². The lowest BCUT2D eigenvalue weighted by atomic mass is 9.90. The van der Waals surface area contributed by atoms with Crippen molar-refractivity contribution in [3.8, 4) is 0 Å². The van der Waals surface area contributed by atoms with Gasteiger partial charge in [-0.1, -0.05) is 81.5 Å². The van der Waals surface area contributed by atoms with Gasteiger partial charge in [-0.2, -0.15) is 0 Å². The van der Waals surface area contributed by atoms with Crippen LogP contribution < -0.4 is 0 Å². The molecule has 0 nitrogen and oxygen atoms in total. The van der Waals surface area contributed by atoms with Gasteiger partial charge in [0, 0.05) is 0 Å². The first-order chi connectivity index (χ1) is 11.9. The molecule has 1 radical (unpaired) electrons. The van der Waals surface area contributed by atoms with E-state index in [1.54, 1.807) is 0 Å². The van der Waals surface area contributed by atoms with Gasteiger partial charge in [0.25, 0.3) is 0 Å². The molecule has 0 saturated heterocycles. The SMILES string of the molecule is CCCCCCCCc1cc2[c]ccc3ccc4cccc1c4c23. The van der Waals surface area contributed by atoms with E-state index in [1.807, 2.05) is 0 Å². The predicted octanol–water partition coefficient (Wildman–Crippen LogP) is 7.29. The summed E-state index contributed by atoms with van der Waals surface area (Å²) in [6.07, 6.45) is 9.30. The van der Waals surface area contributed by atoms with Crippen molar-refractivity contribution in [3.05, 3.63) is 60.2 Å². The summed E-state index contributed by atoms with van der Waals surface area (Å²) < 4.78 is 0.